The van der Waals surface area contributed by atoms with Crippen molar-refractivity contribution < 1.29 is 4.21 Å². The Morgan fingerprint density at radius 2 is 1.22 bits per heavy atom. The highest BCUT2D eigenvalue weighted by Gasteiger charge is 2.52. The molecule has 0 spiro atoms. The largest absolute Gasteiger partial charge is 0.344 e. The van der Waals surface area contributed by atoms with Crippen LogP contribution in [0, 0.1) is 0 Å². The van der Waals surface area contributed by atoms with Crippen LogP contribution < -0.4 is 4.90 Å². The average Bonchev–Trinajstić information content (AvgIpc) is 3.39. The summed E-state index contributed by atoms with van der Waals surface area (Å²) in [6.07, 6.45) is 0. The average molecular weight is 319 g/mol. The molecule has 1 saturated heterocycles. The van der Waals surface area contributed by atoms with Gasteiger partial charge in [-0.05, 0) is 29.8 Å². The minimum atomic E-state index is -1.06. The first kappa shape index (κ1) is 14.2. The number of rotatable bonds is 4. The zero-order chi connectivity index (χ0) is 15.6. The number of hydrogen-bond donors (Lipinski definition) is 0. The summed E-state index contributed by atoms with van der Waals surface area (Å²) in [7, 11) is -1.06. The molecule has 0 radical (unpaired) electrons. The van der Waals surface area contributed by atoms with Gasteiger partial charge < -0.3 is 4.90 Å². The van der Waals surface area contributed by atoms with Gasteiger partial charge in [-0.2, -0.15) is 0 Å². The van der Waals surface area contributed by atoms with Gasteiger partial charge in [0.25, 0.3) is 0 Å². The van der Waals surface area contributed by atoms with Gasteiger partial charge in [0.15, 0.2) is 0 Å². The molecular formula is C20H17NOS. The molecule has 0 aliphatic carbocycles. The molecule has 1 fully saturated rings. The van der Waals surface area contributed by atoms with Crippen molar-refractivity contribution in [2.24, 2.45) is 0 Å². The van der Waals surface area contributed by atoms with Crippen molar-refractivity contribution in [3.63, 3.8) is 0 Å². The molecule has 1 aliphatic rings. The maximum atomic E-state index is 13.0. The predicted octanol–water partition coefficient (Wildman–Crippen LogP) is 4.38. The second-order valence-electron chi connectivity index (χ2n) is 5.60. The van der Waals surface area contributed by atoms with E-state index in [1.54, 1.807) is 0 Å². The van der Waals surface area contributed by atoms with E-state index in [9.17, 15) is 4.21 Å². The molecular weight excluding hydrogens is 302 g/mol. The standard InChI is InChI=1S/C20H17NOS/c22-23(18-14-8-3-9-15-18)20-19(16-10-4-1-5-11-16)21(20)17-12-6-2-7-13-17/h1-15,19-20H. The Hall–Kier alpha value is -2.39. The van der Waals surface area contributed by atoms with Crippen LogP contribution in [0.1, 0.15) is 11.6 Å². The van der Waals surface area contributed by atoms with E-state index in [0.717, 1.165) is 10.6 Å². The van der Waals surface area contributed by atoms with E-state index in [2.05, 4.69) is 29.2 Å². The van der Waals surface area contributed by atoms with Crippen LogP contribution in [0.5, 0.6) is 0 Å². The van der Waals surface area contributed by atoms with Crippen molar-refractivity contribution in [3.8, 4) is 0 Å². The third-order valence-electron chi connectivity index (χ3n) is 4.14. The summed E-state index contributed by atoms with van der Waals surface area (Å²) in [5.74, 6) is 0. The molecule has 0 aromatic heterocycles. The molecule has 4 rings (SSSR count). The summed E-state index contributed by atoms with van der Waals surface area (Å²) >= 11 is 0. The van der Waals surface area contributed by atoms with Crippen LogP contribution in [-0.4, -0.2) is 9.58 Å². The Bertz CT molecular complexity index is 759. The van der Waals surface area contributed by atoms with Crippen LogP contribution in [0.2, 0.25) is 0 Å². The van der Waals surface area contributed by atoms with Gasteiger partial charge in [0.1, 0.15) is 5.37 Å². The van der Waals surface area contributed by atoms with E-state index in [4.69, 9.17) is 0 Å². The zero-order valence-corrected chi connectivity index (χ0v) is 13.4. The number of para-hydroxylation sites is 1. The lowest BCUT2D eigenvalue weighted by atomic mass is 10.1. The molecule has 0 N–H and O–H groups in total. The molecule has 23 heavy (non-hydrogen) atoms. The molecule has 114 valence electrons. The molecule has 2 nitrogen and oxygen atoms in total. The maximum absolute atomic E-state index is 13.0. The van der Waals surface area contributed by atoms with Crippen molar-refractivity contribution >= 4 is 16.5 Å². The SMILES string of the molecule is O=S(c1ccccc1)C1C(c2ccccc2)N1c1ccccc1. The smallest absolute Gasteiger partial charge is 0.135 e. The van der Waals surface area contributed by atoms with E-state index in [0.29, 0.717) is 0 Å². The fourth-order valence-corrected chi connectivity index (χ4v) is 4.62. The van der Waals surface area contributed by atoms with Crippen molar-refractivity contribution in [2.75, 3.05) is 4.90 Å². The lowest BCUT2D eigenvalue weighted by Gasteiger charge is -2.06. The number of hydrogen-bond acceptors (Lipinski definition) is 2. The van der Waals surface area contributed by atoms with Gasteiger partial charge in [-0.1, -0.05) is 66.7 Å². The summed E-state index contributed by atoms with van der Waals surface area (Å²) in [6, 6.07) is 30.4. The van der Waals surface area contributed by atoms with E-state index >= 15 is 0 Å². The third-order valence-corrected chi connectivity index (χ3v) is 5.80. The Labute approximate surface area is 138 Å². The first-order chi connectivity index (χ1) is 11.4. The molecule has 3 aromatic carbocycles. The van der Waals surface area contributed by atoms with Crippen LogP contribution in [0.4, 0.5) is 5.69 Å². The van der Waals surface area contributed by atoms with Gasteiger partial charge in [-0.25, -0.2) is 0 Å². The van der Waals surface area contributed by atoms with Crippen LogP contribution in [0.25, 0.3) is 0 Å². The molecule has 0 amide bonds. The van der Waals surface area contributed by atoms with Crippen molar-refractivity contribution in [3.05, 3.63) is 96.6 Å². The highest BCUT2D eigenvalue weighted by molar-refractivity contribution is 7.86. The van der Waals surface area contributed by atoms with Gasteiger partial charge in [0.05, 0.1) is 16.8 Å². The van der Waals surface area contributed by atoms with E-state index < -0.39 is 10.8 Å². The summed E-state index contributed by atoms with van der Waals surface area (Å²) in [5.41, 5.74) is 2.33. The Morgan fingerprint density at radius 1 is 0.696 bits per heavy atom. The van der Waals surface area contributed by atoms with Crippen LogP contribution >= 0.6 is 0 Å². The number of benzene rings is 3. The van der Waals surface area contributed by atoms with Crippen LogP contribution in [0.15, 0.2) is 95.9 Å². The Morgan fingerprint density at radius 3 is 1.83 bits per heavy atom. The van der Waals surface area contributed by atoms with Gasteiger partial charge in [-0.3, -0.25) is 4.21 Å². The normalized spacial score (nSPS) is 21.0. The lowest BCUT2D eigenvalue weighted by Crippen LogP contribution is -2.06. The monoisotopic (exact) mass is 319 g/mol. The quantitative estimate of drug-likeness (QED) is 0.665. The number of nitrogens with zero attached hydrogens (tertiary/aromatic N) is 1. The molecule has 3 atom stereocenters. The fourth-order valence-electron chi connectivity index (χ4n) is 3.01. The second-order valence-corrected chi connectivity index (χ2v) is 7.15. The molecule has 0 saturated carbocycles. The van der Waals surface area contributed by atoms with Crippen LogP contribution in [0.3, 0.4) is 0 Å². The van der Waals surface area contributed by atoms with E-state index in [1.165, 1.54) is 5.56 Å². The topological polar surface area (TPSA) is 20.1 Å². The summed E-state index contributed by atoms with van der Waals surface area (Å²) < 4.78 is 13.0. The van der Waals surface area contributed by atoms with E-state index in [-0.39, 0.29) is 11.4 Å². The summed E-state index contributed by atoms with van der Waals surface area (Å²) in [6.45, 7) is 0. The third kappa shape index (κ3) is 2.68. The summed E-state index contributed by atoms with van der Waals surface area (Å²) in [4.78, 5) is 3.13. The molecule has 3 aromatic rings. The zero-order valence-electron chi connectivity index (χ0n) is 12.6. The van der Waals surface area contributed by atoms with E-state index in [1.807, 2.05) is 66.7 Å². The van der Waals surface area contributed by atoms with Gasteiger partial charge in [-0.15, -0.1) is 0 Å². The predicted molar refractivity (Wildman–Crippen MR) is 94.7 cm³/mol. The highest BCUT2D eigenvalue weighted by Crippen LogP contribution is 2.49. The highest BCUT2D eigenvalue weighted by atomic mass is 32.2. The van der Waals surface area contributed by atoms with Crippen molar-refractivity contribution in [1.82, 2.24) is 0 Å². The first-order valence-corrected chi connectivity index (χ1v) is 8.91. The molecule has 1 heterocycles. The molecule has 1 aliphatic heterocycles. The second kappa shape index (κ2) is 6.01. The van der Waals surface area contributed by atoms with Gasteiger partial charge in [0.2, 0.25) is 0 Å². The van der Waals surface area contributed by atoms with Crippen LogP contribution in [-0.2, 0) is 10.8 Å². The minimum Gasteiger partial charge on any atom is -0.344 e. The fraction of sp³-hybridized carbons (Fsp3) is 0.100. The Balaban J connectivity index is 1.70. The van der Waals surface area contributed by atoms with Gasteiger partial charge in [0, 0.05) is 10.6 Å². The molecule has 3 unspecified atom stereocenters. The molecule has 0 bridgehead atoms. The van der Waals surface area contributed by atoms with Crippen molar-refractivity contribution in [1.29, 1.82) is 0 Å². The first-order valence-electron chi connectivity index (χ1n) is 7.70. The Kier molecular flexibility index (Phi) is 3.72. The lowest BCUT2D eigenvalue weighted by molar-refractivity contribution is 0.681. The number of anilines is 1. The van der Waals surface area contributed by atoms with Gasteiger partial charge >= 0.3 is 0 Å². The minimum absolute atomic E-state index is 0.0119. The summed E-state index contributed by atoms with van der Waals surface area (Å²) in [5, 5.41) is -0.0119. The van der Waals surface area contributed by atoms with Crippen molar-refractivity contribution in [2.45, 2.75) is 16.3 Å². The molecule has 3 heteroatoms. The maximum Gasteiger partial charge on any atom is 0.135 e.